The van der Waals surface area contributed by atoms with Crippen LogP contribution in [0, 0.1) is 5.41 Å². The quantitative estimate of drug-likeness (QED) is 0.875. The first-order valence-corrected chi connectivity index (χ1v) is 7.07. The van der Waals surface area contributed by atoms with Gasteiger partial charge in [-0.05, 0) is 26.0 Å². The van der Waals surface area contributed by atoms with Crippen molar-refractivity contribution in [3.63, 3.8) is 0 Å². The van der Waals surface area contributed by atoms with Crippen molar-refractivity contribution >= 4 is 39.1 Å². The van der Waals surface area contributed by atoms with Crippen molar-refractivity contribution in [1.82, 2.24) is 10.3 Å². The second kappa shape index (κ2) is 5.24. The van der Waals surface area contributed by atoms with Crippen molar-refractivity contribution in [2.24, 2.45) is 5.41 Å². The van der Waals surface area contributed by atoms with Gasteiger partial charge in [0.1, 0.15) is 5.01 Å². The number of nitrogens with zero attached hydrogens (tertiary/aromatic N) is 1. The Morgan fingerprint density at radius 3 is 2.83 bits per heavy atom. The summed E-state index contributed by atoms with van der Waals surface area (Å²) in [6.45, 7) is 4.11. The van der Waals surface area contributed by atoms with Crippen LogP contribution in [0.5, 0.6) is 0 Å². The zero-order chi connectivity index (χ0) is 13.2. The lowest BCUT2D eigenvalue weighted by atomic mass is 9.95. The zero-order valence-corrected chi connectivity index (χ0v) is 11.9. The molecule has 1 aromatic heterocycles. The first kappa shape index (κ1) is 13.3. The topological polar surface area (TPSA) is 42.0 Å². The van der Waals surface area contributed by atoms with Crippen LogP contribution in [0.3, 0.4) is 0 Å². The van der Waals surface area contributed by atoms with Gasteiger partial charge in [0.25, 0.3) is 0 Å². The highest BCUT2D eigenvalue weighted by molar-refractivity contribution is 7.18. The fraction of sp³-hybridized carbons (Fsp3) is 0.385. The first-order valence-electron chi connectivity index (χ1n) is 5.71. The largest absolute Gasteiger partial charge is 0.349 e. The lowest BCUT2D eigenvalue weighted by Gasteiger charge is -2.19. The van der Waals surface area contributed by atoms with Crippen LogP contribution in [-0.4, -0.2) is 16.8 Å². The zero-order valence-electron chi connectivity index (χ0n) is 10.4. The Hall–Kier alpha value is -1.13. The number of hydrogen-bond donors (Lipinski definition) is 1. The molecule has 2 aromatic rings. The van der Waals surface area contributed by atoms with Gasteiger partial charge in [0.15, 0.2) is 0 Å². The molecule has 0 aliphatic carbocycles. The van der Waals surface area contributed by atoms with Gasteiger partial charge >= 0.3 is 0 Å². The third kappa shape index (κ3) is 2.82. The number of alkyl halides is 1. The molecular weight excluding hydrogens is 268 g/mol. The second-order valence-electron chi connectivity index (χ2n) is 4.78. The molecule has 0 aliphatic rings. The van der Waals surface area contributed by atoms with Gasteiger partial charge < -0.3 is 5.32 Å². The average molecular weight is 283 g/mol. The van der Waals surface area contributed by atoms with E-state index in [0.29, 0.717) is 12.4 Å². The van der Waals surface area contributed by atoms with Gasteiger partial charge in [-0.15, -0.1) is 22.9 Å². The number of carbonyl (C=O) groups is 1. The van der Waals surface area contributed by atoms with E-state index in [2.05, 4.69) is 10.3 Å². The SMILES string of the molecule is CC(C)(CCl)C(=O)NCc1nc2ccccc2s1. The molecule has 0 bridgehead atoms. The molecule has 1 N–H and O–H groups in total. The molecule has 18 heavy (non-hydrogen) atoms. The van der Waals surface area contributed by atoms with E-state index in [9.17, 15) is 4.79 Å². The summed E-state index contributed by atoms with van der Waals surface area (Å²) in [7, 11) is 0. The number of rotatable bonds is 4. The monoisotopic (exact) mass is 282 g/mol. The molecule has 5 heteroatoms. The van der Waals surface area contributed by atoms with Crippen LogP contribution >= 0.6 is 22.9 Å². The molecule has 0 atom stereocenters. The van der Waals surface area contributed by atoms with Crippen LogP contribution in [0.25, 0.3) is 10.2 Å². The number of benzene rings is 1. The molecule has 96 valence electrons. The standard InChI is InChI=1S/C13H15ClN2OS/c1-13(2,8-14)12(17)15-7-11-16-9-5-3-4-6-10(9)18-11/h3-6H,7-8H2,1-2H3,(H,15,17). The van der Waals surface area contributed by atoms with Crippen molar-refractivity contribution in [3.8, 4) is 0 Å². The smallest absolute Gasteiger partial charge is 0.227 e. The number of nitrogens with one attached hydrogen (secondary N) is 1. The highest BCUT2D eigenvalue weighted by Crippen LogP contribution is 2.22. The fourth-order valence-electron chi connectivity index (χ4n) is 1.45. The van der Waals surface area contributed by atoms with E-state index in [1.54, 1.807) is 11.3 Å². The maximum atomic E-state index is 11.9. The summed E-state index contributed by atoms with van der Waals surface area (Å²) in [5, 5.41) is 3.79. The molecule has 0 unspecified atom stereocenters. The Morgan fingerprint density at radius 1 is 1.44 bits per heavy atom. The highest BCUT2D eigenvalue weighted by atomic mass is 35.5. The number of carbonyl (C=O) groups excluding carboxylic acids is 1. The van der Waals surface area contributed by atoms with Gasteiger partial charge in [0, 0.05) is 5.88 Å². The van der Waals surface area contributed by atoms with Crippen LogP contribution in [0.1, 0.15) is 18.9 Å². The predicted molar refractivity (Wildman–Crippen MR) is 76.0 cm³/mol. The number of aromatic nitrogens is 1. The average Bonchev–Trinajstić information content (AvgIpc) is 2.78. The minimum atomic E-state index is -0.543. The van der Waals surface area contributed by atoms with E-state index in [0.717, 1.165) is 15.2 Å². The van der Waals surface area contributed by atoms with Crippen molar-refractivity contribution in [3.05, 3.63) is 29.3 Å². The summed E-state index contributed by atoms with van der Waals surface area (Å²) in [5.74, 6) is 0.260. The van der Waals surface area contributed by atoms with E-state index in [1.165, 1.54) is 0 Å². The molecule has 0 aliphatic heterocycles. The predicted octanol–water partition coefficient (Wildman–Crippen LogP) is 3.18. The molecule has 1 amide bonds. The Labute approximate surface area is 115 Å². The number of hydrogen-bond acceptors (Lipinski definition) is 3. The molecular formula is C13H15ClN2OS. The van der Waals surface area contributed by atoms with Gasteiger partial charge in [-0.25, -0.2) is 4.98 Å². The summed E-state index contributed by atoms with van der Waals surface area (Å²) in [4.78, 5) is 16.3. The maximum Gasteiger partial charge on any atom is 0.227 e. The first-order chi connectivity index (χ1) is 8.53. The highest BCUT2D eigenvalue weighted by Gasteiger charge is 2.26. The third-order valence-corrected chi connectivity index (χ3v) is 4.39. The molecule has 0 saturated carbocycles. The molecule has 0 fully saturated rings. The summed E-state index contributed by atoms with van der Waals surface area (Å²) in [6.07, 6.45) is 0. The van der Waals surface area contributed by atoms with Crippen molar-refractivity contribution < 1.29 is 4.79 Å². The Morgan fingerprint density at radius 2 is 2.17 bits per heavy atom. The summed E-state index contributed by atoms with van der Waals surface area (Å²) < 4.78 is 1.14. The van der Waals surface area contributed by atoms with E-state index in [1.807, 2.05) is 38.1 Å². The Balaban J connectivity index is 2.04. The van der Waals surface area contributed by atoms with Crippen molar-refractivity contribution in [1.29, 1.82) is 0 Å². The van der Waals surface area contributed by atoms with Crippen LogP contribution in [-0.2, 0) is 11.3 Å². The summed E-state index contributed by atoms with van der Waals surface area (Å²) in [6, 6.07) is 7.95. The van der Waals surface area contributed by atoms with E-state index >= 15 is 0 Å². The number of thiazole rings is 1. The van der Waals surface area contributed by atoms with E-state index in [-0.39, 0.29) is 5.91 Å². The van der Waals surface area contributed by atoms with Gasteiger partial charge in [-0.3, -0.25) is 4.79 Å². The van der Waals surface area contributed by atoms with Gasteiger partial charge in [0.05, 0.1) is 22.2 Å². The lowest BCUT2D eigenvalue weighted by Crippen LogP contribution is -2.37. The normalized spacial score (nSPS) is 11.7. The number of amides is 1. The van der Waals surface area contributed by atoms with Crippen molar-refractivity contribution in [2.45, 2.75) is 20.4 Å². The van der Waals surface area contributed by atoms with Gasteiger partial charge in [-0.1, -0.05) is 12.1 Å². The van der Waals surface area contributed by atoms with E-state index < -0.39 is 5.41 Å². The van der Waals surface area contributed by atoms with Gasteiger partial charge in [-0.2, -0.15) is 0 Å². The van der Waals surface area contributed by atoms with Crippen LogP contribution in [0.4, 0.5) is 0 Å². The lowest BCUT2D eigenvalue weighted by molar-refractivity contribution is -0.128. The summed E-state index contributed by atoms with van der Waals surface area (Å²) >= 11 is 7.36. The van der Waals surface area contributed by atoms with Crippen molar-refractivity contribution in [2.75, 3.05) is 5.88 Å². The molecule has 1 heterocycles. The molecule has 0 saturated heterocycles. The second-order valence-corrected chi connectivity index (χ2v) is 6.16. The van der Waals surface area contributed by atoms with Crippen LogP contribution in [0.15, 0.2) is 24.3 Å². The minimum Gasteiger partial charge on any atom is -0.349 e. The molecule has 3 nitrogen and oxygen atoms in total. The number of para-hydroxylation sites is 1. The summed E-state index contributed by atoms with van der Waals surface area (Å²) in [5.41, 5.74) is 0.432. The molecule has 2 rings (SSSR count). The molecule has 1 aromatic carbocycles. The number of fused-ring (bicyclic) bond motifs is 1. The van der Waals surface area contributed by atoms with Gasteiger partial charge in [0.2, 0.25) is 5.91 Å². The molecule has 0 spiro atoms. The Kier molecular flexibility index (Phi) is 3.88. The van der Waals surface area contributed by atoms with E-state index in [4.69, 9.17) is 11.6 Å². The van der Waals surface area contributed by atoms with Crippen LogP contribution < -0.4 is 5.32 Å². The third-order valence-electron chi connectivity index (χ3n) is 2.69. The molecule has 0 radical (unpaired) electrons. The minimum absolute atomic E-state index is 0.0447. The fourth-order valence-corrected chi connectivity index (χ4v) is 2.48. The number of halogens is 1. The Bertz CT molecular complexity index is 532. The maximum absolute atomic E-state index is 11.9. The van der Waals surface area contributed by atoms with Crippen LogP contribution in [0.2, 0.25) is 0 Å².